The molecule has 1 unspecified atom stereocenters. The summed E-state index contributed by atoms with van der Waals surface area (Å²) >= 11 is 1.50. The Labute approximate surface area is 111 Å². The molecule has 18 heavy (non-hydrogen) atoms. The fourth-order valence-corrected chi connectivity index (χ4v) is 4.11. The maximum atomic E-state index is 11.7. The van der Waals surface area contributed by atoms with Crippen LogP contribution in [0.25, 0.3) is 0 Å². The van der Waals surface area contributed by atoms with Crippen LogP contribution in [0.3, 0.4) is 0 Å². The van der Waals surface area contributed by atoms with Gasteiger partial charge in [-0.05, 0) is 24.3 Å². The minimum atomic E-state index is -3.50. The first-order valence-corrected chi connectivity index (χ1v) is 8.25. The molecule has 0 aliphatic heterocycles. The minimum Gasteiger partial charge on any atom is -0.396 e. The quantitative estimate of drug-likeness (QED) is 0.841. The van der Waals surface area contributed by atoms with Crippen molar-refractivity contribution in [2.24, 2.45) is 5.41 Å². The summed E-state index contributed by atoms with van der Waals surface area (Å²) in [6, 6.07) is 3.43. The molecule has 0 amide bonds. The van der Waals surface area contributed by atoms with Crippen molar-refractivity contribution < 1.29 is 13.5 Å². The highest BCUT2D eigenvalue weighted by Crippen LogP contribution is 2.50. The standard InChI is InChI=1S/C12H17NO3S2/c1-2-18(15,16)13-11(10-5-3-8-17-10)12(9-14)6-4-7-12/h2-3,5,8,11,13-14H,1,4,6-7,9H2. The third kappa shape index (κ3) is 2.51. The van der Waals surface area contributed by atoms with E-state index in [1.165, 1.54) is 11.3 Å². The minimum absolute atomic E-state index is 0.00473. The van der Waals surface area contributed by atoms with Gasteiger partial charge < -0.3 is 5.11 Å². The van der Waals surface area contributed by atoms with E-state index in [-0.39, 0.29) is 18.1 Å². The molecule has 4 nitrogen and oxygen atoms in total. The molecule has 1 atom stereocenters. The molecule has 1 aliphatic carbocycles. The summed E-state index contributed by atoms with van der Waals surface area (Å²) in [5.74, 6) is 0. The second-order valence-electron chi connectivity index (χ2n) is 4.65. The van der Waals surface area contributed by atoms with Crippen LogP contribution in [0.15, 0.2) is 29.5 Å². The van der Waals surface area contributed by atoms with Crippen molar-refractivity contribution in [3.8, 4) is 0 Å². The molecule has 1 aromatic rings. The number of aliphatic hydroxyl groups excluding tert-OH is 1. The Bertz CT molecular complexity index is 498. The molecular formula is C12H17NO3S2. The highest BCUT2D eigenvalue weighted by Gasteiger charge is 2.46. The van der Waals surface area contributed by atoms with Crippen LogP contribution in [0.2, 0.25) is 0 Å². The van der Waals surface area contributed by atoms with E-state index >= 15 is 0 Å². The fraction of sp³-hybridized carbons (Fsp3) is 0.500. The summed E-state index contributed by atoms with van der Waals surface area (Å²) in [6.07, 6.45) is 2.70. The molecule has 1 aliphatic rings. The second-order valence-corrected chi connectivity index (χ2v) is 7.29. The first-order chi connectivity index (χ1) is 8.53. The molecule has 0 radical (unpaired) electrons. The molecule has 0 aromatic carbocycles. The Morgan fingerprint density at radius 3 is 2.72 bits per heavy atom. The lowest BCUT2D eigenvalue weighted by Gasteiger charge is -2.46. The van der Waals surface area contributed by atoms with E-state index < -0.39 is 10.0 Å². The highest BCUT2D eigenvalue weighted by molar-refractivity contribution is 7.92. The van der Waals surface area contributed by atoms with Gasteiger partial charge in [0, 0.05) is 15.7 Å². The summed E-state index contributed by atoms with van der Waals surface area (Å²) in [5.41, 5.74) is -0.360. The lowest BCUT2D eigenvalue weighted by Crippen LogP contribution is -2.46. The zero-order valence-electron chi connectivity index (χ0n) is 10.0. The van der Waals surface area contributed by atoms with Crippen molar-refractivity contribution in [2.45, 2.75) is 25.3 Å². The van der Waals surface area contributed by atoms with Crippen LogP contribution in [-0.4, -0.2) is 20.1 Å². The first-order valence-electron chi connectivity index (χ1n) is 5.82. The summed E-state index contributed by atoms with van der Waals surface area (Å²) in [4.78, 5) is 0.939. The van der Waals surface area contributed by atoms with Gasteiger partial charge in [0.05, 0.1) is 12.6 Å². The van der Waals surface area contributed by atoms with Gasteiger partial charge in [0.15, 0.2) is 0 Å². The monoisotopic (exact) mass is 287 g/mol. The number of aliphatic hydroxyl groups is 1. The number of sulfonamides is 1. The van der Waals surface area contributed by atoms with Crippen LogP contribution in [0.4, 0.5) is 0 Å². The largest absolute Gasteiger partial charge is 0.396 e. The van der Waals surface area contributed by atoms with Crippen molar-refractivity contribution in [1.82, 2.24) is 4.72 Å². The van der Waals surface area contributed by atoms with Gasteiger partial charge in [0.1, 0.15) is 0 Å². The number of rotatable bonds is 6. The smallest absolute Gasteiger partial charge is 0.233 e. The zero-order chi connectivity index (χ0) is 13.2. The molecule has 1 heterocycles. The summed E-state index contributed by atoms with van der Waals surface area (Å²) in [7, 11) is -3.50. The van der Waals surface area contributed by atoms with Gasteiger partial charge in [0.2, 0.25) is 10.0 Å². The van der Waals surface area contributed by atoms with Crippen LogP contribution >= 0.6 is 11.3 Å². The van der Waals surface area contributed by atoms with Gasteiger partial charge in [-0.3, -0.25) is 0 Å². The molecule has 6 heteroatoms. The van der Waals surface area contributed by atoms with Crippen LogP contribution < -0.4 is 4.72 Å². The SMILES string of the molecule is C=CS(=O)(=O)NC(c1cccs1)C1(CO)CCC1. The van der Waals surface area contributed by atoms with Gasteiger partial charge in [0.25, 0.3) is 0 Å². The van der Waals surface area contributed by atoms with Crippen LogP contribution in [0.5, 0.6) is 0 Å². The molecule has 1 fully saturated rings. The third-order valence-corrected chi connectivity index (χ3v) is 5.55. The van der Waals surface area contributed by atoms with E-state index in [4.69, 9.17) is 0 Å². The average molecular weight is 287 g/mol. The molecule has 2 N–H and O–H groups in total. The molecule has 2 rings (SSSR count). The van der Waals surface area contributed by atoms with Gasteiger partial charge in [-0.15, -0.1) is 11.3 Å². The van der Waals surface area contributed by atoms with Gasteiger partial charge in [-0.2, -0.15) is 0 Å². The maximum absolute atomic E-state index is 11.7. The Hall–Kier alpha value is -0.690. The maximum Gasteiger partial charge on any atom is 0.233 e. The predicted octanol–water partition coefficient (Wildman–Crippen LogP) is 2.01. The van der Waals surface area contributed by atoms with Crippen LogP contribution in [0.1, 0.15) is 30.2 Å². The number of nitrogens with one attached hydrogen (secondary N) is 1. The predicted molar refractivity (Wildman–Crippen MR) is 72.7 cm³/mol. The molecule has 0 bridgehead atoms. The topological polar surface area (TPSA) is 66.4 Å². The summed E-state index contributed by atoms with van der Waals surface area (Å²) in [6.45, 7) is 3.30. The molecule has 0 saturated heterocycles. The zero-order valence-corrected chi connectivity index (χ0v) is 11.6. The fourth-order valence-electron chi connectivity index (χ4n) is 2.32. The van der Waals surface area contributed by atoms with Crippen molar-refractivity contribution in [3.05, 3.63) is 34.4 Å². The van der Waals surface area contributed by atoms with E-state index in [1.54, 1.807) is 0 Å². The van der Waals surface area contributed by atoms with E-state index in [0.717, 1.165) is 29.5 Å². The molecule has 100 valence electrons. The second kappa shape index (κ2) is 5.13. The molecular weight excluding hydrogens is 270 g/mol. The number of hydrogen-bond donors (Lipinski definition) is 2. The Balaban J connectivity index is 2.32. The third-order valence-electron chi connectivity index (χ3n) is 3.61. The first kappa shape index (κ1) is 13.7. The average Bonchev–Trinajstić information content (AvgIpc) is 2.80. The number of thiophene rings is 1. The van der Waals surface area contributed by atoms with Crippen molar-refractivity contribution in [3.63, 3.8) is 0 Å². The van der Waals surface area contributed by atoms with Crippen molar-refractivity contribution in [1.29, 1.82) is 0 Å². The van der Waals surface area contributed by atoms with E-state index in [2.05, 4.69) is 11.3 Å². The van der Waals surface area contributed by atoms with E-state index in [1.807, 2.05) is 17.5 Å². The van der Waals surface area contributed by atoms with Gasteiger partial charge in [-0.1, -0.05) is 19.1 Å². The normalized spacial score (nSPS) is 20.1. The lowest BCUT2D eigenvalue weighted by molar-refractivity contribution is 0.0141. The molecule has 0 spiro atoms. The van der Waals surface area contributed by atoms with E-state index in [9.17, 15) is 13.5 Å². The highest BCUT2D eigenvalue weighted by atomic mass is 32.2. The molecule has 1 aromatic heterocycles. The van der Waals surface area contributed by atoms with Crippen LogP contribution in [-0.2, 0) is 10.0 Å². The number of hydrogen-bond acceptors (Lipinski definition) is 4. The lowest BCUT2D eigenvalue weighted by atomic mass is 9.64. The van der Waals surface area contributed by atoms with Gasteiger partial charge >= 0.3 is 0 Å². The van der Waals surface area contributed by atoms with Crippen LogP contribution in [0, 0.1) is 5.41 Å². The summed E-state index contributed by atoms with van der Waals surface area (Å²) < 4.78 is 26.0. The Morgan fingerprint density at radius 1 is 1.61 bits per heavy atom. The van der Waals surface area contributed by atoms with E-state index in [0.29, 0.717) is 0 Å². The Morgan fingerprint density at radius 2 is 2.33 bits per heavy atom. The summed E-state index contributed by atoms with van der Waals surface area (Å²) in [5, 5.41) is 12.4. The van der Waals surface area contributed by atoms with Crippen molar-refractivity contribution in [2.75, 3.05) is 6.61 Å². The van der Waals surface area contributed by atoms with Gasteiger partial charge in [-0.25, -0.2) is 13.1 Å². The molecule has 1 saturated carbocycles. The van der Waals surface area contributed by atoms with Crippen molar-refractivity contribution >= 4 is 21.4 Å². The Kier molecular flexibility index (Phi) is 3.91.